The van der Waals surface area contributed by atoms with E-state index in [0.29, 0.717) is 10.6 Å². The molecule has 0 fully saturated rings. The summed E-state index contributed by atoms with van der Waals surface area (Å²) in [5.41, 5.74) is 0.452. The molecule has 2 N–H and O–H groups in total. The first-order valence-electron chi connectivity index (χ1n) is 7.06. The minimum atomic E-state index is -1.45. The Bertz CT molecular complexity index is 743. The van der Waals surface area contributed by atoms with Gasteiger partial charge in [-0.15, -0.1) is 11.3 Å². The number of benzene rings is 1. The number of amides is 1. The molecule has 0 bridgehead atoms. The van der Waals surface area contributed by atoms with E-state index in [2.05, 4.69) is 10.3 Å². The molecule has 1 amide bonds. The van der Waals surface area contributed by atoms with Crippen molar-refractivity contribution in [3.05, 3.63) is 51.2 Å². The van der Waals surface area contributed by atoms with Gasteiger partial charge in [-0.05, 0) is 13.0 Å². The van der Waals surface area contributed by atoms with Crippen LogP contribution in [0.1, 0.15) is 51.7 Å². The fourth-order valence-corrected chi connectivity index (χ4v) is 3.03. The van der Waals surface area contributed by atoms with Gasteiger partial charge in [0.2, 0.25) is 0 Å². The van der Waals surface area contributed by atoms with Gasteiger partial charge in [-0.25, -0.2) is 14.2 Å². The minimum absolute atomic E-state index is 0.0837. The molecule has 1 aromatic heterocycles. The van der Waals surface area contributed by atoms with Crippen molar-refractivity contribution >= 4 is 23.2 Å². The Balaban J connectivity index is 2.29. The third kappa shape index (κ3) is 3.73. The number of hydrogen-bond acceptors (Lipinski definition) is 4. The zero-order valence-electron chi connectivity index (χ0n) is 13.0. The van der Waals surface area contributed by atoms with Gasteiger partial charge in [0, 0.05) is 11.5 Å². The molecule has 0 saturated carbocycles. The Morgan fingerprint density at radius 2 is 1.96 bits per heavy atom. The predicted molar refractivity (Wildman–Crippen MR) is 85.2 cm³/mol. The Kier molecular flexibility index (Phi) is 5.10. The van der Waals surface area contributed by atoms with Crippen molar-refractivity contribution in [3.8, 4) is 0 Å². The highest BCUT2D eigenvalue weighted by molar-refractivity contribution is 7.13. The topological polar surface area (TPSA) is 79.3 Å². The van der Waals surface area contributed by atoms with Crippen LogP contribution in [-0.2, 0) is 4.79 Å². The van der Waals surface area contributed by atoms with E-state index in [4.69, 9.17) is 0 Å². The molecule has 0 radical (unpaired) electrons. The average molecular weight is 336 g/mol. The Morgan fingerprint density at radius 1 is 1.30 bits per heavy atom. The first kappa shape index (κ1) is 17.1. The largest absolute Gasteiger partial charge is 0.479 e. The maximum atomic E-state index is 13.8. The molecule has 0 aliphatic carbocycles. The fourth-order valence-electron chi connectivity index (χ4n) is 2.05. The summed E-state index contributed by atoms with van der Waals surface area (Å²) in [6, 6.07) is 4.03. The number of aliphatic carboxylic acids is 1. The van der Waals surface area contributed by atoms with E-state index in [1.54, 1.807) is 6.92 Å². The first-order valence-corrected chi connectivity index (χ1v) is 7.88. The molecule has 2 aromatic rings. The zero-order valence-corrected chi connectivity index (χ0v) is 13.8. The van der Waals surface area contributed by atoms with Crippen LogP contribution in [0, 0.1) is 12.7 Å². The third-order valence-electron chi connectivity index (χ3n) is 3.25. The average Bonchev–Trinajstić information content (AvgIpc) is 2.87. The number of thiazole rings is 1. The van der Waals surface area contributed by atoms with Crippen LogP contribution in [0.5, 0.6) is 0 Å². The van der Waals surface area contributed by atoms with E-state index in [1.807, 2.05) is 13.8 Å². The summed E-state index contributed by atoms with van der Waals surface area (Å²) < 4.78 is 13.8. The lowest BCUT2D eigenvalue weighted by molar-refractivity contribution is -0.139. The van der Waals surface area contributed by atoms with Crippen molar-refractivity contribution in [1.29, 1.82) is 0 Å². The molecule has 122 valence electrons. The molecule has 0 saturated heterocycles. The van der Waals surface area contributed by atoms with Gasteiger partial charge in [0.05, 0.1) is 10.7 Å². The SMILES string of the molecule is Cc1nc(C(C)C)sc1C(=O)N[C@@H](C(=O)O)c1ccccc1F. The van der Waals surface area contributed by atoms with E-state index in [1.165, 1.54) is 29.5 Å². The minimum Gasteiger partial charge on any atom is -0.479 e. The second-order valence-corrected chi connectivity index (χ2v) is 6.42. The predicted octanol–water partition coefficient (Wildman–Crippen LogP) is 3.27. The van der Waals surface area contributed by atoms with Gasteiger partial charge in [-0.2, -0.15) is 0 Å². The zero-order chi connectivity index (χ0) is 17.1. The van der Waals surface area contributed by atoms with Gasteiger partial charge in [0.1, 0.15) is 10.7 Å². The van der Waals surface area contributed by atoms with Gasteiger partial charge in [0.15, 0.2) is 6.04 Å². The Morgan fingerprint density at radius 3 is 2.48 bits per heavy atom. The number of nitrogens with zero attached hydrogens (tertiary/aromatic N) is 1. The summed E-state index contributed by atoms with van der Waals surface area (Å²) in [4.78, 5) is 28.5. The second-order valence-electron chi connectivity index (χ2n) is 5.39. The van der Waals surface area contributed by atoms with Gasteiger partial charge >= 0.3 is 5.97 Å². The number of rotatable bonds is 5. The van der Waals surface area contributed by atoms with Crippen LogP contribution in [0.2, 0.25) is 0 Å². The molecule has 5 nitrogen and oxygen atoms in total. The number of nitrogens with one attached hydrogen (secondary N) is 1. The lowest BCUT2D eigenvalue weighted by Crippen LogP contribution is -2.34. The number of aryl methyl sites for hydroxylation is 1. The van der Waals surface area contributed by atoms with Crippen LogP contribution in [-0.4, -0.2) is 22.0 Å². The van der Waals surface area contributed by atoms with E-state index in [0.717, 1.165) is 11.1 Å². The number of aromatic nitrogens is 1. The van der Waals surface area contributed by atoms with E-state index >= 15 is 0 Å². The summed E-state index contributed by atoms with van der Waals surface area (Å²) in [6.07, 6.45) is 0. The molecule has 0 aliphatic rings. The first-order chi connectivity index (χ1) is 10.8. The van der Waals surface area contributed by atoms with E-state index in [9.17, 15) is 19.1 Å². The monoisotopic (exact) mass is 336 g/mol. The Hall–Kier alpha value is -2.28. The van der Waals surface area contributed by atoms with Crippen molar-refractivity contribution in [3.63, 3.8) is 0 Å². The normalized spacial score (nSPS) is 12.2. The van der Waals surface area contributed by atoms with Crippen LogP contribution < -0.4 is 5.32 Å². The second kappa shape index (κ2) is 6.87. The number of carboxylic acids is 1. The van der Waals surface area contributed by atoms with Crippen molar-refractivity contribution < 1.29 is 19.1 Å². The molecule has 0 unspecified atom stereocenters. The number of carboxylic acid groups (broad SMARTS) is 1. The molecule has 1 atom stereocenters. The molecule has 1 aromatic carbocycles. The number of carbonyl (C=O) groups excluding carboxylic acids is 1. The van der Waals surface area contributed by atoms with Crippen LogP contribution in [0.25, 0.3) is 0 Å². The quantitative estimate of drug-likeness (QED) is 0.878. The summed E-state index contributed by atoms with van der Waals surface area (Å²) >= 11 is 1.22. The highest BCUT2D eigenvalue weighted by atomic mass is 32.1. The molecule has 0 spiro atoms. The summed E-state index contributed by atoms with van der Waals surface area (Å²) in [6.45, 7) is 5.61. The molecule has 7 heteroatoms. The summed E-state index contributed by atoms with van der Waals surface area (Å²) in [7, 11) is 0. The number of halogens is 1. The van der Waals surface area contributed by atoms with Gasteiger partial charge in [-0.1, -0.05) is 32.0 Å². The van der Waals surface area contributed by atoms with Gasteiger partial charge < -0.3 is 10.4 Å². The molecule has 23 heavy (non-hydrogen) atoms. The molecule has 1 heterocycles. The Labute approximate surface area is 137 Å². The summed E-state index contributed by atoms with van der Waals surface area (Å²) in [5.74, 6) is -2.40. The standard InChI is InChI=1S/C16H17FN2O3S/c1-8(2)15-18-9(3)13(23-15)14(20)19-12(16(21)22)10-6-4-5-7-11(10)17/h4-8,12H,1-3H3,(H,19,20)(H,21,22)/t12-/m1/s1. The third-order valence-corrected chi connectivity index (χ3v) is 4.71. The number of hydrogen-bond donors (Lipinski definition) is 2. The fraction of sp³-hybridized carbons (Fsp3) is 0.312. The van der Waals surface area contributed by atoms with Crippen LogP contribution >= 0.6 is 11.3 Å². The smallest absolute Gasteiger partial charge is 0.331 e. The summed E-state index contributed by atoms with van der Waals surface area (Å²) in [5, 5.41) is 12.5. The molecule has 0 aliphatic heterocycles. The van der Waals surface area contributed by atoms with Crippen LogP contribution in [0.3, 0.4) is 0 Å². The van der Waals surface area contributed by atoms with Crippen LogP contribution in [0.4, 0.5) is 4.39 Å². The maximum absolute atomic E-state index is 13.8. The lowest BCUT2D eigenvalue weighted by Gasteiger charge is -2.15. The van der Waals surface area contributed by atoms with Crippen molar-refractivity contribution in [2.45, 2.75) is 32.7 Å². The number of carbonyl (C=O) groups is 2. The van der Waals surface area contributed by atoms with Gasteiger partial charge in [0.25, 0.3) is 5.91 Å². The molecule has 2 rings (SSSR count). The van der Waals surface area contributed by atoms with E-state index in [-0.39, 0.29) is 11.5 Å². The molecular formula is C16H17FN2O3S. The lowest BCUT2D eigenvalue weighted by atomic mass is 10.1. The van der Waals surface area contributed by atoms with E-state index < -0.39 is 23.7 Å². The van der Waals surface area contributed by atoms with Crippen molar-refractivity contribution in [2.24, 2.45) is 0 Å². The van der Waals surface area contributed by atoms with Crippen molar-refractivity contribution in [1.82, 2.24) is 10.3 Å². The highest BCUT2D eigenvalue weighted by Crippen LogP contribution is 2.25. The van der Waals surface area contributed by atoms with Gasteiger partial charge in [-0.3, -0.25) is 4.79 Å². The van der Waals surface area contributed by atoms with Crippen molar-refractivity contribution in [2.75, 3.05) is 0 Å². The maximum Gasteiger partial charge on any atom is 0.331 e. The van der Waals surface area contributed by atoms with Crippen LogP contribution in [0.15, 0.2) is 24.3 Å². The highest BCUT2D eigenvalue weighted by Gasteiger charge is 2.27. The molecular weight excluding hydrogens is 319 g/mol.